The number of nitrogens with one attached hydrogen (secondary N) is 1. The van der Waals surface area contributed by atoms with E-state index in [-0.39, 0.29) is 18.2 Å². The van der Waals surface area contributed by atoms with E-state index >= 15 is 0 Å². The fourth-order valence-corrected chi connectivity index (χ4v) is 5.06. The van der Waals surface area contributed by atoms with Gasteiger partial charge in [0.15, 0.2) is 0 Å². The Labute approximate surface area is 145 Å². The minimum atomic E-state index is -0.0735. The first kappa shape index (κ1) is 14.8. The van der Waals surface area contributed by atoms with Crippen LogP contribution in [0.1, 0.15) is 12.8 Å². The number of likely N-dealkylation sites (tertiary alicyclic amines) is 1. The SMILES string of the molecule is COC1C2CC3CN(C(=O)Nc4cnn(-c5ncccn5)c4)C1C3C2. The molecule has 3 aliphatic rings. The molecule has 5 unspecified atom stereocenters. The molecule has 8 heteroatoms. The van der Waals surface area contributed by atoms with Crippen LogP contribution in [-0.2, 0) is 4.74 Å². The second kappa shape index (κ2) is 5.52. The summed E-state index contributed by atoms with van der Waals surface area (Å²) in [7, 11) is 1.76. The molecule has 8 nitrogen and oxygen atoms in total. The summed E-state index contributed by atoms with van der Waals surface area (Å²) in [5.41, 5.74) is 0.639. The molecule has 2 saturated carbocycles. The van der Waals surface area contributed by atoms with Gasteiger partial charge in [-0.2, -0.15) is 5.10 Å². The highest BCUT2D eigenvalue weighted by Crippen LogP contribution is 2.55. The lowest BCUT2D eigenvalue weighted by molar-refractivity contribution is 0.0202. The molecule has 0 aromatic carbocycles. The molecule has 2 aromatic rings. The van der Waals surface area contributed by atoms with Crippen molar-refractivity contribution in [3.05, 3.63) is 30.9 Å². The van der Waals surface area contributed by atoms with Crippen LogP contribution in [0.5, 0.6) is 0 Å². The molecular weight excluding hydrogens is 320 g/mol. The topological polar surface area (TPSA) is 85.2 Å². The highest BCUT2D eigenvalue weighted by molar-refractivity contribution is 5.89. The molecule has 1 N–H and O–H groups in total. The van der Waals surface area contributed by atoms with Gasteiger partial charge in [0.1, 0.15) is 0 Å². The molecule has 0 spiro atoms. The third-order valence-corrected chi connectivity index (χ3v) is 5.94. The smallest absolute Gasteiger partial charge is 0.322 e. The van der Waals surface area contributed by atoms with Gasteiger partial charge in [0.25, 0.3) is 0 Å². The number of hydrogen-bond donors (Lipinski definition) is 1. The van der Waals surface area contributed by atoms with E-state index in [9.17, 15) is 4.79 Å². The minimum Gasteiger partial charge on any atom is -0.379 e. The van der Waals surface area contributed by atoms with Crippen molar-refractivity contribution in [2.24, 2.45) is 17.8 Å². The quantitative estimate of drug-likeness (QED) is 0.916. The number of amides is 2. The number of carbonyl (C=O) groups is 1. The van der Waals surface area contributed by atoms with E-state index in [4.69, 9.17) is 4.74 Å². The Bertz CT molecular complexity index is 791. The Hall–Kier alpha value is -2.48. The number of methoxy groups -OCH3 is 1. The number of urea groups is 1. The van der Waals surface area contributed by atoms with Crippen LogP contribution in [0.3, 0.4) is 0 Å². The highest BCUT2D eigenvalue weighted by Gasteiger charge is 2.60. The van der Waals surface area contributed by atoms with Crippen molar-refractivity contribution in [1.82, 2.24) is 24.6 Å². The van der Waals surface area contributed by atoms with Gasteiger partial charge in [-0.3, -0.25) is 0 Å². The van der Waals surface area contributed by atoms with Crippen LogP contribution in [0, 0.1) is 17.8 Å². The summed E-state index contributed by atoms with van der Waals surface area (Å²) in [5, 5.41) is 7.18. The molecule has 2 aliphatic carbocycles. The molecule has 130 valence electrons. The van der Waals surface area contributed by atoms with Crippen LogP contribution < -0.4 is 5.32 Å². The normalized spacial score (nSPS) is 32.4. The molecule has 2 bridgehead atoms. The van der Waals surface area contributed by atoms with Crippen LogP contribution in [0.4, 0.5) is 10.5 Å². The predicted octanol–water partition coefficient (Wildman–Crippen LogP) is 1.55. The highest BCUT2D eigenvalue weighted by atomic mass is 16.5. The number of rotatable bonds is 3. The second-order valence-electron chi connectivity index (χ2n) is 7.15. The van der Waals surface area contributed by atoms with Crippen molar-refractivity contribution in [3.63, 3.8) is 0 Å². The molecule has 1 saturated heterocycles. The monoisotopic (exact) mass is 340 g/mol. The Kier molecular flexibility index (Phi) is 3.27. The van der Waals surface area contributed by atoms with E-state index < -0.39 is 0 Å². The summed E-state index contributed by atoms with van der Waals surface area (Å²) in [5.74, 6) is 2.31. The number of nitrogens with zero attached hydrogens (tertiary/aromatic N) is 5. The number of carbonyl (C=O) groups excluding carboxylic acids is 1. The average molecular weight is 340 g/mol. The maximum Gasteiger partial charge on any atom is 0.322 e. The third-order valence-electron chi connectivity index (χ3n) is 5.94. The Morgan fingerprint density at radius 1 is 1.28 bits per heavy atom. The van der Waals surface area contributed by atoms with Crippen molar-refractivity contribution in [3.8, 4) is 5.95 Å². The van der Waals surface area contributed by atoms with Gasteiger partial charge in [-0.15, -0.1) is 0 Å². The number of ether oxygens (including phenoxy) is 1. The van der Waals surface area contributed by atoms with E-state index in [1.807, 2.05) is 4.90 Å². The lowest BCUT2D eigenvalue weighted by atomic mass is 9.88. The van der Waals surface area contributed by atoms with Crippen LogP contribution >= 0.6 is 0 Å². The van der Waals surface area contributed by atoms with Crippen LogP contribution in [0.2, 0.25) is 0 Å². The van der Waals surface area contributed by atoms with Crippen molar-refractivity contribution < 1.29 is 9.53 Å². The molecule has 2 amide bonds. The first-order chi connectivity index (χ1) is 12.2. The Morgan fingerprint density at radius 2 is 2.12 bits per heavy atom. The summed E-state index contributed by atoms with van der Waals surface area (Å²) in [6.07, 6.45) is 9.21. The summed E-state index contributed by atoms with van der Waals surface area (Å²) >= 11 is 0. The van der Waals surface area contributed by atoms with Gasteiger partial charge in [0.2, 0.25) is 5.95 Å². The molecule has 0 radical (unpaired) electrons. The molecule has 5 rings (SSSR count). The first-order valence-corrected chi connectivity index (χ1v) is 8.67. The largest absolute Gasteiger partial charge is 0.379 e. The zero-order chi connectivity index (χ0) is 17.0. The summed E-state index contributed by atoms with van der Waals surface area (Å²) in [4.78, 5) is 23.1. The Morgan fingerprint density at radius 3 is 2.92 bits per heavy atom. The standard InChI is InChI=1S/C17H20N6O2/c1-25-15-10-5-11-8-22(14(15)13(11)6-10)17(24)21-12-7-20-23(9-12)16-18-3-2-4-19-16/h2-4,7,9-11,13-15H,5-6,8H2,1H3,(H,21,24). The molecule has 3 fully saturated rings. The van der Waals surface area contributed by atoms with Gasteiger partial charge < -0.3 is 15.0 Å². The average Bonchev–Trinajstić information content (AvgIpc) is 3.36. The zero-order valence-corrected chi connectivity index (χ0v) is 13.9. The van der Waals surface area contributed by atoms with E-state index in [1.165, 1.54) is 12.8 Å². The van der Waals surface area contributed by atoms with E-state index in [1.54, 1.807) is 42.6 Å². The number of fused-ring (bicyclic) bond motifs is 1. The molecule has 1 aliphatic heterocycles. The fourth-order valence-electron chi connectivity index (χ4n) is 5.06. The second-order valence-corrected chi connectivity index (χ2v) is 7.15. The third kappa shape index (κ3) is 2.24. The maximum absolute atomic E-state index is 12.8. The molecule has 5 atom stereocenters. The lowest BCUT2D eigenvalue weighted by Crippen LogP contribution is -2.46. The number of anilines is 1. The van der Waals surface area contributed by atoms with E-state index in [0.29, 0.717) is 29.4 Å². The number of hydrogen-bond acceptors (Lipinski definition) is 5. The van der Waals surface area contributed by atoms with Crippen LogP contribution in [0.25, 0.3) is 5.95 Å². The van der Waals surface area contributed by atoms with Crippen LogP contribution in [-0.4, -0.2) is 56.5 Å². The number of aromatic nitrogens is 4. The zero-order valence-electron chi connectivity index (χ0n) is 13.9. The molecule has 3 heterocycles. The van der Waals surface area contributed by atoms with Crippen molar-refractivity contribution in [1.29, 1.82) is 0 Å². The lowest BCUT2D eigenvalue weighted by Gasteiger charge is -2.31. The van der Waals surface area contributed by atoms with Gasteiger partial charge in [0, 0.05) is 26.0 Å². The summed E-state index contributed by atoms with van der Waals surface area (Å²) in [6, 6.07) is 1.88. The van der Waals surface area contributed by atoms with Gasteiger partial charge in [-0.05, 0) is 36.7 Å². The van der Waals surface area contributed by atoms with Crippen molar-refractivity contribution >= 4 is 11.7 Å². The summed E-state index contributed by atoms with van der Waals surface area (Å²) < 4.78 is 7.26. The first-order valence-electron chi connectivity index (χ1n) is 8.67. The predicted molar refractivity (Wildman–Crippen MR) is 89.2 cm³/mol. The fraction of sp³-hybridized carbons (Fsp3) is 0.529. The van der Waals surface area contributed by atoms with Crippen molar-refractivity contribution in [2.75, 3.05) is 19.0 Å². The van der Waals surface area contributed by atoms with Crippen LogP contribution in [0.15, 0.2) is 30.9 Å². The van der Waals surface area contributed by atoms with Gasteiger partial charge in [-0.25, -0.2) is 19.4 Å². The molecule has 2 aromatic heterocycles. The van der Waals surface area contributed by atoms with Gasteiger partial charge in [0.05, 0.1) is 30.2 Å². The van der Waals surface area contributed by atoms with Gasteiger partial charge in [-0.1, -0.05) is 0 Å². The van der Waals surface area contributed by atoms with E-state index in [0.717, 1.165) is 6.54 Å². The minimum absolute atomic E-state index is 0.0735. The maximum atomic E-state index is 12.8. The molecule has 25 heavy (non-hydrogen) atoms. The van der Waals surface area contributed by atoms with E-state index in [2.05, 4.69) is 20.4 Å². The van der Waals surface area contributed by atoms with Gasteiger partial charge >= 0.3 is 6.03 Å². The van der Waals surface area contributed by atoms with Crippen molar-refractivity contribution in [2.45, 2.75) is 25.0 Å². The summed E-state index contributed by atoms with van der Waals surface area (Å²) in [6.45, 7) is 0.827. The molecular formula is C17H20N6O2. The Balaban J connectivity index is 1.32.